The van der Waals surface area contributed by atoms with E-state index in [2.05, 4.69) is 4.98 Å². The number of hydrogen-bond acceptors (Lipinski definition) is 5. The number of aromatic amines is 1. The van der Waals surface area contributed by atoms with Crippen LogP contribution in [0.3, 0.4) is 0 Å². The van der Waals surface area contributed by atoms with Gasteiger partial charge in [0.25, 0.3) is 0 Å². The molecule has 7 nitrogen and oxygen atoms in total. The van der Waals surface area contributed by atoms with E-state index < -0.39 is 24.8 Å². The molecule has 8 heteroatoms. The Labute approximate surface area is 181 Å². The number of nitrogens with zero attached hydrogens (tertiary/aromatic N) is 1. The maximum Gasteiger partial charge on any atom is 0.412 e. The number of pyridine rings is 1. The fourth-order valence-electron chi connectivity index (χ4n) is 3.74. The molecule has 1 aliphatic rings. The van der Waals surface area contributed by atoms with Gasteiger partial charge in [-0.15, -0.1) is 0 Å². The average molecular weight is 433 g/mol. The van der Waals surface area contributed by atoms with Crippen molar-refractivity contribution in [2.75, 3.05) is 13.3 Å². The highest BCUT2D eigenvalue weighted by atomic mass is 35.5. The zero-order chi connectivity index (χ0) is 20.6. The van der Waals surface area contributed by atoms with Crippen molar-refractivity contribution < 1.29 is 41.2 Å². The van der Waals surface area contributed by atoms with Crippen molar-refractivity contribution in [3.63, 3.8) is 0 Å². The summed E-state index contributed by atoms with van der Waals surface area (Å²) in [4.78, 5) is 41.4. The van der Waals surface area contributed by atoms with Crippen molar-refractivity contribution in [2.45, 2.75) is 38.1 Å². The topological polar surface area (TPSA) is 87.0 Å². The van der Waals surface area contributed by atoms with E-state index in [1.807, 2.05) is 30.3 Å². The zero-order valence-electron chi connectivity index (χ0n) is 16.8. The zero-order valence-corrected chi connectivity index (χ0v) is 17.5. The molecule has 0 spiro atoms. The third-order valence-electron chi connectivity index (χ3n) is 5.08. The summed E-state index contributed by atoms with van der Waals surface area (Å²) in [7, 11) is 0. The molecule has 0 bridgehead atoms. The number of nitrogens with one attached hydrogen (secondary N) is 1. The van der Waals surface area contributed by atoms with Crippen LogP contribution in [0.5, 0.6) is 0 Å². The van der Waals surface area contributed by atoms with Crippen LogP contribution in [0, 0.1) is 0 Å². The van der Waals surface area contributed by atoms with E-state index in [0.29, 0.717) is 18.5 Å². The van der Waals surface area contributed by atoms with Crippen LogP contribution in [-0.4, -0.2) is 42.1 Å². The SMILES string of the molecule is CC(=O)C(c1ccccc1)C1CCCCN1C(=O)OCOC(=O)c1ccc[nH+]c1.[Cl-]. The number of H-pyrrole nitrogens is 1. The van der Waals surface area contributed by atoms with Crippen LogP contribution in [0.1, 0.15) is 48.0 Å². The molecule has 1 amide bonds. The van der Waals surface area contributed by atoms with E-state index >= 15 is 0 Å². The predicted octanol–water partition coefficient (Wildman–Crippen LogP) is -0.0171. The number of halogens is 1. The van der Waals surface area contributed by atoms with Crippen molar-refractivity contribution in [3.8, 4) is 0 Å². The molecular weight excluding hydrogens is 408 g/mol. The van der Waals surface area contributed by atoms with Gasteiger partial charge in [-0.25, -0.2) is 14.6 Å². The maximum atomic E-state index is 12.7. The van der Waals surface area contributed by atoms with E-state index in [4.69, 9.17) is 9.47 Å². The number of Topliss-reactive ketones (excluding diaryl/α,β-unsaturated/α-hetero) is 1. The van der Waals surface area contributed by atoms with E-state index in [1.54, 1.807) is 30.2 Å². The Kier molecular flexibility index (Phi) is 8.80. The van der Waals surface area contributed by atoms with Crippen molar-refractivity contribution >= 4 is 17.8 Å². The molecule has 1 saturated heterocycles. The standard InChI is InChI=1S/C22H24N2O5.ClH/c1-16(25)20(17-8-3-2-4-9-17)19-11-5-6-13-24(19)22(27)29-15-28-21(26)18-10-7-12-23-14-18;/h2-4,7-10,12,14,19-20H,5-6,11,13,15H2,1H3;1H. The Morgan fingerprint density at radius 1 is 1.10 bits per heavy atom. The van der Waals surface area contributed by atoms with Crippen molar-refractivity contribution in [1.29, 1.82) is 0 Å². The number of hydrogen-bond donors (Lipinski definition) is 0. The van der Waals surface area contributed by atoms with Crippen molar-refractivity contribution in [1.82, 2.24) is 4.90 Å². The van der Waals surface area contributed by atoms with Gasteiger partial charge in [-0.1, -0.05) is 30.3 Å². The molecular formula is C22H25ClN2O5. The van der Waals surface area contributed by atoms with E-state index in [9.17, 15) is 14.4 Å². The largest absolute Gasteiger partial charge is 1.00 e. The third-order valence-corrected chi connectivity index (χ3v) is 5.08. The van der Waals surface area contributed by atoms with Crippen LogP contribution in [0.4, 0.5) is 4.79 Å². The maximum absolute atomic E-state index is 12.7. The molecule has 2 atom stereocenters. The minimum atomic E-state index is -0.587. The lowest BCUT2D eigenvalue weighted by atomic mass is 9.83. The number of benzene rings is 1. The number of ether oxygens (including phenoxy) is 2. The quantitative estimate of drug-likeness (QED) is 0.473. The molecule has 1 aromatic heterocycles. The van der Waals surface area contributed by atoms with Crippen molar-refractivity contribution in [3.05, 3.63) is 66.0 Å². The molecule has 2 heterocycles. The fraction of sp³-hybridized carbons (Fsp3) is 0.364. The van der Waals surface area contributed by atoms with Crippen LogP contribution in [-0.2, 0) is 14.3 Å². The van der Waals surface area contributed by atoms with Gasteiger partial charge in [-0.3, -0.25) is 4.79 Å². The first-order chi connectivity index (χ1) is 14.1. The van der Waals surface area contributed by atoms with E-state index in [0.717, 1.165) is 18.4 Å². The molecule has 2 unspecified atom stereocenters. The minimum absolute atomic E-state index is 0. The predicted molar refractivity (Wildman–Crippen MR) is 104 cm³/mol. The first-order valence-electron chi connectivity index (χ1n) is 9.70. The number of piperidine rings is 1. The van der Waals surface area contributed by atoms with Gasteiger partial charge in [0, 0.05) is 18.7 Å². The lowest BCUT2D eigenvalue weighted by molar-refractivity contribution is -0.378. The van der Waals surface area contributed by atoms with Gasteiger partial charge in [-0.2, -0.15) is 0 Å². The number of rotatable bonds is 6. The lowest BCUT2D eigenvalue weighted by Crippen LogP contribution is -3.00. The van der Waals surface area contributed by atoms with Crippen molar-refractivity contribution in [2.24, 2.45) is 0 Å². The molecule has 1 aromatic carbocycles. The summed E-state index contributed by atoms with van der Waals surface area (Å²) < 4.78 is 10.2. The van der Waals surface area contributed by atoms with Crippen LogP contribution >= 0.6 is 0 Å². The van der Waals surface area contributed by atoms with Gasteiger partial charge in [0.1, 0.15) is 11.3 Å². The molecule has 0 saturated carbocycles. The summed E-state index contributed by atoms with van der Waals surface area (Å²) >= 11 is 0. The number of amides is 1. The van der Waals surface area contributed by atoms with E-state index in [-0.39, 0.29) is 24.2 Å². The van der Waals surface area contributed by atoms with Gasteiger partial charge in [0.05, 0.1) is 5.92 Å². The molecule has 3 rings (SSSR count). The smallest absolute Gasteiger partial charge is 0.412 e. The first-order valence-corrected chi connectivity index (χ1v) is 9.70. The monoisotopic (exact) mass is 432 g/mol. The highest BCUT2D eigenvalue weighted by Crippen LogP contribution is 2.31. The van der Waals surface area contributed by atoms with Crippen LogP contribution in [0.25, 0.3) is 0 Å². The average Bonchev–Trinajstić information content (AvgIpc) is 2.75. The van der Waals surface area contributed by atoms with Crippen LogP contribution in [0.15, 0.2) is 54.9 Å². The Balaban J connectivity index is 0.00000320. The molecule has 0 radical (unpaired) electrons. The molecule has 160 valence electrons. The first kappa shape index (κ1) is 23.3. The second-order valence-corrected chi connectivity index (χ2v) is 7.01. The van der Waals surface area contributed by atoms with Crippen LogP contribution < -0.4 is 17.4 Å². The number of likely N-dealkylation sites (tertiary alicyclic amines) is 1. The third kappa shape index (κ3) is 5.79. The Morgan fingerprint density at radius 3 is 2.53 bits per heavy atom. The normalized spacial score (nSPS) is 16.7. The fourth-order valence-corrected chi connectivity index (χ4v) is 3.74. The summed E-state index contributed by atoms with van der Waals surface area (Å²) in [6, 6.07) is 12.5. The van der Waals surface area contributed by atoms with Gasteiger partial charge >= 0.3 is 12.1 Å². The Hall–Kier alpha value is -2.93. The summed E-state index contributed by atoms with van der Waals surface area (Å²) in [5.74, 6) is -0.991. The summed E-state index contributed by atoms with van der Waals surface area (Å²) in [6.07, 6.45) is 5.08. The molecule has 30 heavy (non-hydrogen) atoms. The van der Waals surface area contributed by atoms with Gasteiger partial charge in [0.2, 0.25) is 6.79 Å². The van der Waals surface area contributed by atoms with Gasteiger partial charge in [-0.05, 0) is 37.8 Å². The molecule has 0 aliphatic carbocycles. The van der Waals surface area contributed by atoms with E-state index in [1.165, 1.54) is 6.20 Å². The number of ketones is 1. The lowest BCUT2D eigenvalue weighted by Gasteiger charge is -2.38. The summed E-state index contributed by atoms with van der Waals surface area (Å²) in [5, 5.41) is 0. The molecule has 1 aliphatic heterocycles. The highest BCUT2D eigenvalue weighted by Gasteiger charge is 2.37. The van der Waals surface area contributed by atoms with Gasteiger partial charge in [0.15, 0.2) is 12.4 Å². The Morgan fingerprint density at radius 2 is 1.87 bits per heavy atom. The summed E-state index contributed by atoms with van der Waals surface area (Å²) in [6.45, 7) is 1.57. The Bertz CT molecular complexity index is 847. The highest BCUT2D eigenvalue weighted by molar-refractivity contribution is 5.88. The van der Waals surface area contributed by atoms with Crippen LogP contribution in [0.2, 0.25) is 0 Å². The minimum Gasteiger partial charge on any atom is -1.00 e. The second-order valence-electron chi connectivity index (χ2n) is 7.01. The van der Waals surface area contributed by atoms with Gasteiger partial charge < -0.3 is 26.8 Å². The molecule has 1 fully saturated rings. The number of carbonyl (C=O) groups excluding carboxylic acids is 3. The number of carbonyl (C=O) groups is 3. The second kappa shape index (κ2) is 11.3. The number of esters is 1. The molecule has 2 aromatic rings. The number of aromatic nitrogens is 1. The molecule has 1 N–H and O–H groups in total. The summed E-state index contributed by atoms with van der Waals surface area (Å²) in [5.41, 5.74) is 1.22.